The number of amides is 1. The summed E-state index contributed by atoms with van der Waals surface area (Å²) in [5.74, 6) is -0.0718. The molecule has 0 spiro atoms. The molecule has 0 aromatic heterocycles. The third kappa shape index (κ3) is 7.01. The molecule has 0 saturated carbocycles. The molecule has 0 bridgehead atoms. The standard InChI is InChI=1S/C20H26N2O3S2/c1-3-22(27(2,24)25)16-10-15-21-20(23)19(17-11-6-4-7-12-17)26-18-13-8-5-9-14-18/h4-9,11-14,19H,3,10,15-16H2,1-2H3,(H,21,23). The molecule has 0 saturated heterocycles. The van der Waals surface area contributed by atoms with Gasteiger partial charge in [0.15, 0.2) is 0 Å². The van der Waals surface area contributed by atoms with Gasteiger partial charge in [-0.15, -0.1) is 11.8 Å². The lowest BCUT2D eigenvalue weighted by atomic mass is 10.1. The molecule has 0 aliphatic rings. The molecule has 7 heteroatoms. The molecule has 146 valence electrons. The predicted octanol–water partition coefficient (Wildman–Crippen LogP) is 3.31. The van der Waals surface area contributed by atoms with Crippen molar-refractivity contribution in [3.8, 4) is 0 Å². The van der Waals surface area contributed by atoms with Crippen LogP contribution in [0.5, 0.6) is 0 Å². The van der Waals surface area contributed by atoms with Crippen molar-refractivity contribution in [1.82, 2.24) is 9.62 Å². The molecule has 0 radical (unpaired) electrons. The van der Waals surface area contributed by atoms with Crippen LogP contribution in [0.1, 0.15) is 24.2 Å². The topological polar surface area (TPSA) is 66.5 Å². The van der Waals surface area contributed by atoms with Crippen LogP contribution in [0.3, 0.4) is 0 Å². The van der Waals surface area contributed by atoms with Gasteiger partial charge in [0, 0.05) is 24.5 Å². The van der Waals surface area contributed by atoms with E-state index in [1.807, 2.05) is 67.6 Å². The first-order valence-electron chi connectivity index (χ1n) is 8.91. The average molecular weight is 407 g/mol. The molecular weight excluding hydrogens is 380 g/mol. The Bertz CT molecular complexity index is 812. The summed E-state index contributed by atoms with van der Waals surface area (Å²) in [6, 6.07) is 19.5. The first-order chi connectivity index (χ1) is 12.9. The van der Waals surface area contributed by atoms with Crippen LogP contribution >= 0.6 is 11.8 Å². The van der Waals surface area contributed by atoms with E-state index in [4.69, 9.17) is 0 Å². The average Bonchev–Trinajstić information content (AvgIpc) is 2.66. The number of nitrogens with one attached hydrogen (secondary N) is 1. The molecule has 27 heavy (non-hydrogen) atoms. The molecule has 2 aromatic rings. The zero-order chi connectivity index (χ0) is 19.7. The minimum absolute atomic E-state index is 0.0718. The number of benzene rings is 2. The Morgan fingerprint density at radius 3 is 2.22 bits per heavy atom. The summed E-state index contributed by atoms with van der Waals surface area (Å²) in [6.07, 6.45) is 1.78. The van der Waals surface area contributed by atoms with Crippen LogP contribution in [0.15, 0.2) is 65.6 Å². The van der Waals surface area contributed by atoms with Crippen molar-refractivity contribution in [2.75, 3.05) is 25.9 Å². The van der Waals surface area contributed by atoms with Crippen molar-refractivity contribution in [2.24, 2.45) is 0 Å². The van der Waals surface area contributed by atoms with E-state index in [9.17, 15) is 13.2 Å². The Hall–Kier alpha value is -1.83. The fourth-order valence-corrected chi connectivity index (χ4v) is 4.65. The van der Waals surface area contributed by atoms with E-state index in [0.29, 0.717) is 26.1 Å². The van der Waals surface area contributed by atoms with E-state index in [1.165, 1.54) is 22.3 Å². The molecule has 1 atom stereocenters. The fourth-order valence-electron chi connectivity index (χ4n) is 2.65. The van der Waals surface area contributed by atoms with Crippen LogP contribution in [0.2, 0.25) is 0 Å². The summed E-state index contributed by atoms with van der Waals surface area (Å²) in [5, 5.41) is 2.60. The van der Waals surface area contributed by atoms with Crippen LogP contribution in [-0.2, 0) is 14.8 Å². The summed E-state index contributed by atoms with van der Waals surface area (Å²) >= 11 is 1.50. The third-order valence-corrected chi connectivity index (χ3v) is 6.69. The molecule has 1 amide bonds. The Morgan fingerprint density at radius 2 is 1.67 bits per heavy atom. The van der Waals surface area contributed by atoms with Crippen molar-refractivity contribution in [1.29, 1.82) is 0 Å². The van der Waals surface area contributed by atoms with Crippen molar-refractivity contribution in [2.45, 2.75) is 23.5 Å². The summed E-state index contributed by atoms with van der Waals surface area (Å²) < 4.78 is 24.7. The van der Waals surface area contributed by atoms with Crippen LogP contribution in [0, 0.1) is 0 Å². The summed E-state index contributed by atoms with van der Waals surface area (Å²) in [6.45, 7) is 3.08. The van der Waals surface area contributed by atoms with E-state index in [-0.39, 0.29) is 11.2 Å². The molecular formula is C20H26N2O3S2. The van der Waals surface area contributed by atoms with E-state index < -0.39 is 10.0 Å². The molecule has 0 heterocycles. The number of thioether (sulfide) groups is 1. The summed E-state index contributed by atoms with van der Waals surface area (Å²) in [5.41, 5.74) is 0.940. The molecule has 1 unspecified atom stereocenters. The zero-order valence-corrected chi connectivity index (χ0v) is 17.3. The minimum Gasteiger partial charge on any atom is -0.355 e. The van der Waals surface area contributed by atoms with Crippen molar-refractivity contribution < 1.29 is 13.2 Å². The lowest BCUT2D eigenvalue weighted by Crippen LogP contribution is -2.34. The number of rotatable bonds is 10. The number of hydrogen-bond donors (Lipinski definition) is 1. The SMILES string of the molecule is CCN(CCCNC(=O)C(Sc1ccccc1)c1ccccc1)S(C)(=O)=O. The van der Waals surface area contributed by atoms with E-state index in [2.05, 4.69) is 5.32 Å². The molecule has 2 rings (SSSR count). The van der Waals surface area contributed by atoms with Crippen molar-refractivity contribution in [3.63, 3.8) is 0 Å². The normalized spacial score (nSPS) is 12.7. The van der Waals surface area contributed by atoms with Crippen molar-refractivity contribution in [3.05, 3.63) is 66.2 Å². The highest BCUT2D eigenvalue weighted by atomic mass is 32.2. The van der Waals surface area contributed by atoms with E-state index in [1.54, 1.807) is 0 Å². The van der Waals surface area contributed by atoms with Gasteiger partial charge in [0.2, 0.25) is 15.9 Å². The van der Waals surface area contributed by atoms with Crippen LogP contribution < -0.4 is 5.32 Å². The highest BCUT2D eigenvalue weighted by Gasteiger charge is 2.22. The van der Waals surface area contributed by atoms with Gasteiger partial charge in [-0.25, -0.2) is 12.7 Å². The van der Waals surface area contributed by atoms with Gasteiger partial charge >= 0.3 is 0 Å². The maximum atomic E-state index is 12.8. The van der Waals surface area contributed by atoms with Gasteiger partial charge in [-0.3, -0.25) is 4.79 Å². The second-order valence-electron chi connectivity index (χ2n) is 6.12. The molecule has 2 aromatic carbocycles. The highest BCUT2D eigenvalue weighted by Crippen LogP contribution is 2.35. The van der Waals surface area contributed by atoms with Gasteiger partial charge in [-0.05, 0) is 24.1 Å². The maximum Gasteiger partial charge on any atom is 0.237 e. The summed E-state index contributed by atoms with van der Waals surface area (Å²) in [7, 11) is -3.20. The monoisotopic (exact) mass is 406 g/mol. The quantitative estimate of drug-likeness (QED) is 0.486. The Morgan fingerprint density at radius 1 is 1.07 bits per heavy atom. The molecule has 0 aliphatic carbocycles. The van der Waals surface area contributed by atoms with E-state index >= 15 is 0 Å². The predicted molar refractivity (Wildman–Crippen MR) is 111 cm³/mol. The third-order valence-electron chi connectivity index (χ3n) is 4.04. The smallest absolute Gasteiger partial charge is 0.237 e. The van der Waals surface area contributed by atoms with Gasteiger partial charge in [0.25, 0.3) is 0 Å². The second-order valence-corrected chi connectivity index (χ2v) is 9.28. The molecule has 0 aliphatic heterocycles. The van der Waals surface area contributed by atoms with Crippen LogP contribution in [0.25, 0.3) is 0 Å². The maximum absolute atomic E-state index is 12.8. The number of sulfonamides is 1. The first-order valence-corrected chi connectivity index (χ1v) is 11.6. The lowest BCUT2D eigenvalue weighted by Gasteiger charge is -2.19. The van der Waals surface area contributed by atoms with Gasteiger partial charge in [0.05, 0.1) is 6.26 Å². The second kappa shape index (κ2) is 10.5. The zero-order valence-electron chi connectivity index (χ0n) is 15.7. The van der Waals surface area contributed by atoms with Crippen LogP contribution in [0.4, 0.5) is 0 Å². The number of carbonyl (C=O) groups is 1. The van der Waals surface area contributed by atoms with Gasteiger partial charge in [-0.2, -0.15) is 0 Å². The van der Waals surface area contributed by atoms with Crippen LogP contribution in [-0.4, -0.2) is 44.5 Å². The Kier molecular flexibility index (Phi) is 8.34. The molecule has 0 fully saturated rings. The number of hydrogen-bond acceptors (Lipinski definition) is 4. The first kappa shape index (κ1) is 21.5. The van der Waals surface area contributed by atoms with E-state index in [0.717, 1.165) is 10.5 Å². The lowest BCUT2D eigenvalue weighted by molar-refractivity contribution is -0.120. The number of carbonyl (C=O) groups excluding carboxylic acids is 1. The van der Waals surface area contributed by atoms with Gasteiger partial charge in [-0.1, -0.05) is 55.5 Å². The Labute approximate surface area is 166 Å². The fraction of sp³-hybridized carbons (Fsp3) is 0.350. The highest BCUT2D eigenvalue weighted by molar-refractivity contribution is 8.00. The Balaban J connectivity index is 1.98. The van der Waals surface area contributed by atoms with Crippen molar-refractivity contribution >= 4 is 27.7 Å². The molecule has 5 nitrogen and oxygen atoms in total. The summed E-state index contributed by atoms with van der Waals surface area (Å²) in [4.78, 5) is 13.8. The number of nitrogens with zero attached hydrogens (tertiary/aromatic N) is 1. The largest absolute Gasteiger partial charge is 0.355 e. The molecule has 1 N–H and O–H groups in total. The van der Waals surface area contributed by atoms with Gasteiger partial charge in [0.1, 0.15) is 5.25 Å². The minimum atomic E-state index is -3.20. The van der Waals surface area contributed by atoms with Gasteiger partial charge < -0.3 is 5.32 Å².